The largest absolute Gasteiger partial charge is 0.306 e. The number of Topliss-reactive ketones (excluding diaryl/α,β-unsaturated/α-hetero) is 1. The molecule has 1 N–H and O–H groups in total. The Balaban J connectivity index is 2.18. The SMILES string of the molecule is CCC1(c2ccc([N+](=O)[O-])cc2)CCC(C(=O)C=O)NC1. The van der Waals surface area contributed by atoms with Gasteiger partial charge >= 0.3 is 0 Å². The van der Waals surface area contributed by atoms with E-state index in [1.54, 1.807) is 12.1 Å². The van der Waals surface area contributed by atoms with Gasteiger partial charge in [0, 0.05) is 24.1 Å². The van der Waals surface area contributed by atoms with Crippen LogP contribution < -0.4 is 5.32 Å². The van der Waals surface area contributed by atoms with Gasteiger partial charge < -0.3 is 5.32 Å². The first-order valence-corrected chi connectivity index (χ1v) is 7.00. The van der Waals surface area contributed by atoms with E-state index < -0.39 is 16.7 Å². The Morgan fingerprint density at radius 3 is 2.57 bits per heavy atom. The van der Waals surface area contributed by atoms with Gasteiger partial charge in [0.2, 0.25) is 5.78 Å². The number of rotatable bonds is 5. The molecule has 0 saturated carbocycles. The lowest BCUT2D eigenvalue weighted by molar-refractivity contribution is -0.384. The van der Waals surface area contributed by atoms with Crippen LogP contribution in [0.4, 0.5) is 5.69 Å². The van der Waals surface area contributed by atoms with Crippen molar-refractivity contribution in [3.8, 4) is 0 Å². The molecule has 1 heterocycles. The first kappa shape index (κ1) is 15.3. The van der Waals surface area contributed by atoms with Crippen molar-refractivity contribution in [2.45, 2.75) is 37.6 Å². The number of ketones is 1. The number of carbonyl (C=O) groups excluding carboxylic acids is 2. The van der Waals surface area contributed by atoms with E-state index in [1.165, 1.54) is 12.1 Å². The number of non-ortho nitro benzene ring substituents is 1. The van der Waals surface area contributed by atoms with Crippen molar-refractivity contribution < 1.29 is 14.5 Å². The summed E-state index contributed by atoms with van der Waals surface area (Å²) >= 11 is 0. The van der Waals surface area contributed by atoms with Gasteiger partial charge in [0.05, 0.1) is 11.0 Å². The Bertz CT molecular complexity index is 545. The average Bonchev–Trinajstić information content (AvgIpc) is 2.54. The van der Waals surface area contributed by atoms with Crippen molar-refractivity contribution in [3.05, 3.63) is 39.9 Å². The van der Waals surface area contributed by atoms with Gasteiger partial charge in [-0.1, -0.05) is 19.1 Å². The zero-order chi connectivity index (χ0) is 15.5. The molecule has 0 amide bonds. The highest BCUT2D eigenvalue weighted by Crippen LogP contribution is 2.36. The number of benzene rings is 1. The molecule has 1 aromatic carbocycles. The molecule has 0 bridgehead atoms. The molecule has 0 radical (unpaired) electrons. The third kappa shape index (κ3) is 3.00. The minimum absolute atomic E-state index is 0.0720. The van der Waals surface area contributed by atoms with Gasteiger partial charge in [-0.2, -0.15) is 0 Å². The Morgan fingerprint density at radius 2 is 2.14 bits per heavy atom. The number of aldehydes is 1. The van der Waals surface area contributed by atoms with E-state index >= 15 is 0 Å². The molecule has 6 nitrogen and oxygen atoms in total. The molecule has 1 aliphatic rings. The number of piperidine rings is 1. The minimum Gasteiger partial charge on any atom is -0.306 e. The summed E-state index contributed by atoms with van der Waals surface area (Å²) in [6.07, 6.45) is 2.60. The molecular formula is C15H18N2O4. The number of carbonyl (C=O) groups is 2. The monoisotopic (exact) mass is 290 g/mol. The second kappa shape index (κ2) is 6.13. The number of nitro benzene ring substituents is 1. The fraction of sp³-hybridized carbons (Fsp3) is 0.467. The van der Waals surface area contributed by atoms with Crippen molar-refractivity contribution in [3.63, 3.8) is 0 Å². The number of nitrogens with zero attached hydrogens (tertiary/aromatic N) is 1. The number of nitrogens with one attached hydrogen (secondary N) is 1. The first-order chi connectivity index (χ1) is 10.0. The summed E-state index contributed by atoms with van der Waals surface area (Å²) < 4.78 is 0. The predicted molar refractivity (Wildman–Crippen MR) is 77.2 cm³/mol. The fourth-order valence-electron chi connectivity index (χ4n) is 2.94. The fourth-order valence-corrected chi connectivity index (χ4v) is 2.94. The van der Waals surface area contributed by atoms with Crippen LogP contribution in [0.5, 0.6) is 0 Å². The Morgan fingerprint density at radius 1 is 1.48 bits per heavy atom. The summed E-state index contributed by atoms with van der Waals surface area (Å²) in [5.74, 6) is -0.414. The molecule has 21 heavy (non-hydrogen) atoms. The average molecular weight is 290 g/mol. The van der Waals surface area contributed by atoms with Crippen LogP contribution in [0.15, 0.2) is 24.3 Å². The molecule has 2 rings (SSSR count). The molecule has 0 spiro atoms. The third-order valence-electron chi connectivity index (χ3n) is 4.43. The van der Waals surface area contributed by atoms with Crippen molar-refractivity contribution in [2.24, 2.45) is 0 Å². The third-order valence-corrected chi connectivity index (χ3v) is 4.43. The highest BCUT2D eigenvalue weighted by Gasteiger charge is 2.37. The topological polar surface area (TPSA) is 89.3 Å². The van der Waals surface area contributed by atoms with Gasteiger partial charge in [-0.05, 0) is 24.8 Å². The molecule has 1 aromatic rings. The zero-order valence-corrected chi connectivity index (χ0v) is 11.9. The number of hydrogen-bond acceptors (Lipinski definition) is 5. The Hall–Kier alpha value is -2.08. The highest BCUT2D eigenvalue weighted by atomic mass is 16.6. The molecule has 2 atom stereocenters. The molecule has 6 heteroatoms. The van der Waals surface area contributed by atoms with Crippen LogP contribution in [0.2, 0.25) is 0 Å². The van der Waals surface area contributed by atoms with E-state index in [-0.39, 0.29) is 11.1 Å². The summed E-state index contributed by atoms with van der Waals surface area (Å²) in [6.45, 7) is 2.65. The molecule has 2 unspecified atom stereocenters. The lowest BCUT2D eigenvalue weighted by Crippen LogP contribution is -2.51. The van der Waals surface area contributed by atoms with E-state index in [4.69, 9.17) is 0 Å². The Labute approximate surface area is 122 Å². The standard InChI is InChI=1S/C15H18N2O4/c1-2-15(8-7-13(16-10-15)14(19)9-18)11-3-5-12(6-4-11)17(20)21/h3-6,9,13,16H,2,7-8,10H2,1H3. The van der Waals surface area contributed by atoms with Crippen LogP contribution in [-0.4, -0.2) is 29.6 Å². The van der Waals surface area contributed by atoms with Gasteiger partial charge in [0.25, 0.3) is 5.69 Å². The van der Waals surface area contributed by atoms with Crippen LogP contribution >= 0.6 is 0 Å². The van der Waals surface area contributed by atoms with Crippen LogP contribution in [0.25, 0.3) is 0 Å². The number of nitro groups is 1. The number of hydrogen-bond donors (Lipinski definition) is 1. The van der Waals surface area contributed by atoms with Gasteiger partial charge in [-0.15, -0.1) is 0 Å². The lowest BCUT2D eigenvalue weighted by atomic mass is 9.71. The van der Waals surface area contributed by atoms with Gasteiger partial charge in [-0.3, -0.25) is 19.7 Å². The van der Waals surface area contributed by atoms with Crippen LogP contribution in [0.1, 0.15) is 31.7 Å². The van der Waals surface area contributed by atoms with Gasteiger partial charge in [0.1, 0.15) is 0 Å². The lowest BCUT2D eigenvalue weighted by Gasteiger charge is -2.40. The molecule has 1 aliphatic heterocycles. The second-order valence-corrected chi connectivity index (χ2v) is 5.43. The van der Waals surface area contributed by atoms with Crippen molar-refractivity contribution >= 4 is 17.8 Å². The van der Waals surface area contributed by atoms with Crippen LogP contribution in [0, 0.1) is 10.1 Å². The van der Waals surface area contributed by atoms with Gasteiger partial charge in [-0.25, -0.2) is 0 Å². The molecule has 0 aliphatic carbocycles. The van der Waals surface area contributed by atoms with Crippen molar-refractivity contribution in [1.29, 1.82) is 0 Å². The summed E-state index contributed by atoms with van der Waals surface area (Å²) in [7, 11) is 0. The zero-order valence-electron chi connectivity index (χ0n) is 11.9. The summed E-state index contributed by atoms with van der Waals surface area (Å²) in [4.78, 5) is 32.3. The predicted octanol–water partition coefficient (Wildman–Crippen LogP) is 1.76. The summed E-state index contributed by atoms with van der Waals surface area (Å²) in [6, 6.07) is 6.18. The normalized spacial score (nSPS) is 25.3. The first-order valence-electron chi connectivity index (χ1n) is 7.00. The Kier molecular flexibility index (Phi) is 4.47. The maximum atomic E-state index is 11.4. The van der Waals surface area contributed by atoms with Gasteiger partial charge in [0.15, 0.2) is 6.29 Å². The summed E-state index contributed by atoms with van der Waals surface area (Å²) in [5.41, 5.74) is 0.956. The maximum Gasteiger partial charge on any atom is 0.269 e. The smallest absolute Gasteiger partial charge is 0.269 e. The molecule has 1 fully saturated rings. The molecule has 112 valence electrons. The minimum atomic E-state index is -0.416. The van der Waals surface area contributed by atoms with E-state index in [0.29, 0.717) is 19.3 Å². The van der Waals surface area contributed by atoms with E-state index in [9.17, 15) is 19.7 Å². The molecule has 1 saturated heterocycles. The van der Waals surface area contributed by atoms with E-state index in [1.807, 2.05) is 0 Å². The highest BCUT2D eigenvalue weighted by molar-refractivity contribution is 6.27. The second-order valence-electron chi connectivity index (χ2n) is 5.43. The maximum absolute atomic E-state index is 11.4. The van der Waals surface area contributed by atoms with E-state index in [0.717, 1.165) is 18.4 Å². The molecular weight excluding hydrogens is 272 g/mol. The van der Waals surface area contributed by atoms with E-state index in [2.05, 4.69) is 12.2 Å². The molecule has 0 aromatic heterocycles. The van der Waals surface area contributed by atoms with Crippen molar-refractivity contribution in [2.75, 3.05) is 6.54 Å². The quantitative estimate of drug-likeness (QED) is 0.386. The van der Waals surface area contributed by atoms with Crippen molar-refractivity contribution in [1.82, 2.24) is 5.32 Å². The van der Waals surface area contributed by atoms with Crippen LogP contribution in [0.3, 0.4) is 0 Å². The van der Waals surface area contributed by atoms with Crippen LogP contribution in [-0.2, 0) is 15.0 Å². The summed E-state index contributed by atoms with van der Waals surface area (Å²) in [5, 5.41) is 13.8.